The molecule has 1 aliphatic heterocycles. The Morgan fingerprint density at radius 2 is 2.03 bits per heavy atom. The molecule has 4 aromatic rings. The summed E-state index contributed by atoms with van der Waals surface area (Å²) in [6.07, 6.45) is 7.17. The number of hydrogen-bond acceptors (Lipinski definition) is 6. The summed E-state index contributed by atoms with van der Waals surface area (Å²) < 4.78 is 1.49. The van der Waals surface area contributed by atoms with Crippen molar-refractivity contribution in [2.24, 2.45) is 5.92 Å². The van der Waals surface area contributed by atoms with Gasteiger partial charge < -0.3 is 15.6 Å². The van der Waals surface area contributed by atoms with E-state index < -0.39 is 6.04 Å². The highest BCUT2D eigenvalue weighted by Crippen LogP contribution is 2.34. The van der Waals surface area contributed by atoms with Crippen molar-refractivity contribution in [1.82, 2.24) is 35.5 Å². The molecular weight excluding hydrogens is 539 g/mol. The molecule has 0 saturated carbocycles. The maximum atomic E-state index is 13.1. The van der Waals surface area contributed by atoms with E-state index >= 15 is 0 Å². The van der Waals surface area contributed by atoms with Crippen molar-refractivity contribution in [3.8, 4) is 16.9 Å². The summed E-state index contributed by atoms with van der Waals surface area (Å²) >= 11 is 12.8. The van der Waals surface area contributed by atoms with Crippen LogP contribution in [0.3, 0.4) is 0 Å². The third kappa shape index (κ3) is 6.35. The average molecular weight is 565 g/mol. The Morgan fingerprint density at radius 1 is 1.18 bits per heavy atom. The summed E-state index contributed by atoms with van der Waals surface area (Å²) in [6, 6.07) is 12.2. The Bertz CT molecular complexity index is 1520. The van der Waals surface area contributed by atoms with E-state index in [0.717, 1.165) is 12.8 Å². The lowest BCUT2D eigenvalue weighted by molar-refractivity contribution is -0.117. The number of hydrogen-bond donors (Lipinski definition) is 3. The molecule has 2 atom stereocenters. The zero-order valence-electron chi connectivity index (χ0n) is 21.1. The number of carbonyl (C=O) groups excluding carboxylic acids is 2. The molecule has 0 spiro atoms. The van der Waals surface area contributed by atoms with Gasteiger partial charge in [0.1, 0.15) is 23.0 Å². The molecule has 0 radical (unpaired) electrons. The number of fused-ring (bicyclic) bond motifs is 4. The van der Waals surface area contributed by atoms with E-state index in [1.807, 2.05) is 24.3 Å². The van der Waals surface area contributed by atoms with Gasteiger partial charge in [0, 0.05) is 28.6 Å². The zero-order valence-corrected chi connectivity index (χ0v) is 22.6. The Balaban J connectivity index is 1.42. The number of aromatic amines is 1. The Labute approximate surface area is 234 Å². The van der Waals surface area contributed by atoms with Gasteiger partial charge in [0.25, 0.3) is 0 Å². The van der Waals surface area contributed by atoms with Crippen molar-refractivity contribution < 1.29 is 9.59 Å². The molecule has 3 N–H and O–H groups in total. The number of carbonyl (C=O) groups is 2. The molecule has 2 aromatic carbocycles. The van der Waals surface area contributed by atoms with E-state index in [1.54, 1.807) is 24.3 Å². The average Bonchev–Trinajstić information content (AvgIpc) is 3.57. The molecular formula is C27H26Cl2N8O2. The fourth-order valence-electron chi connectivity index (χ4n) is 4.60. The number of benzene rings is 2. The SMILES string of the molecule is C[C@H]1CCCC(NC(=O)/C=C/c2cc(Cl)ccc2-n2cnnn2)c2nc(c(Cl)[nH]2)-c2ccccc2NC(=O)C1. The van der Waals surface area contributed by atoms with Crippen LogP contribution in [0.2, 0.25) is 10.2 Å². The summed E-state index contributed by atoms with van der Waals surface area (Å²) in [5.41, 5.74) is 3.19. The molecule has 200 valence electrons. The molecule has 0 aliphatic carbocycles. The minimum absolute atomic E-state index is 0.0573. The number of rotatable bonds is 4. The van der Waals surface area contributed by atoms with Crippen LogP contribution in [0.25, 0.3) is 23.0 Å². The minimum atomic E-state index is -0.421. The molecule has 1 unspecified atom stereocenters. The fraction of sp³-hybridized carbons (Fsp3) is 0.259. The van der Waals surface area contributed by atoms with Gasteiger partial charge in [-0.25, -0.2) is 4.98 Å². The van der Waals surface area contributed by atoms with Gasteiger partial charge >= 0.3 is 0 Å². The van der Waals surface area contributed by atoms with Crippen LogP contribution in [0.1, 0.15) is 50.0 Å². The molecule has 0 fully saturated rings. The first-order valence-electron chi connectivity index (χ1n) is 12.5. The van der Waals surface area contributed by atoms with Gasteiger partial charge in [-0.2, -0.15) is 4.68 Å². The lowest BCUT2D eigenvalue weighted by atomic mass is 9.98. The van der Waals surface area contributed by atoms with Gasteiger partial charge in [-0.15, -0.1) is 5.10 Å². The third-order valence-corrected chi connectivity index (χ3v) is 7.01. The molecule has 12 heteroatoms. The van der Waals surface area contributed by atoms with E-state index in [-0.39, 0.29) is 17.7 Å². The summed E-state index contributed by atoms with van der Waals surface area (Å²) in [5.74, 6) is 0.350. The van der Waals surface area contributed by atoms with Crippen LogP contribution in [-0.2, 0) is 9.59 Å². The van der Waals surface area contributed by atoms with Crippen molar-refractivity contribution in [3.05, 3.63) is 76.4 Å². The predicted octanol–water partition coefficient (Wildman–Crippen LogP) is 5.38. The summed E-state index contributed by atoms with van der Waals surface area (Å²) in [7, 11) is 0. The van der Waals surface area contributed by atoms with E-state index in [0.29, 0.717) is 57.0 Å². The third-order valence-electron chi connectivity index (χ3n) is 6.50. The number of H-pyrrole nitrogens is 1. The smallest absolute Gasteiger partial charge is 0.244 e. The van der Waals surface area contributed by atoms with Gasteiger partial charge in [-0.3, -0.25) is 9.59 Å². The van der Waals surface area contributed by atoms with Crippen LogP contribution < -0.4 is 10.6 Å². The standard InChI is InChI=1S/C27H26Cl2N8O2/c1-16-5-4-8-21(27-33-25(26(29)34-27)19-6-2-3-7-20(19)31-24(39)13-16)32-23(38)12-9-17-14-18(28)10-11-22(17)37-15-30-35-36-37/h2-3,6-7,9-12,14-16,21H,4-5,8,13H2,1H3,(H,31,39)(H,32,38)(H,33,34)/b12-9+/t16-,21?/m0/s1. The van der Waals surface area contributed by atoms with E-state index in [4.69, 9.17) is 28.2 Å². The van der Waals surface area contributed by atoms with Crippen LogP contribution in [0.15, 0.2) is 54.9 Å². The van der Waals surface area contributed by atoms with Crippen LogP contribution in [-0.4, -0.2) is 42.0 Å². The predicted molar refractivity (Wildman–Crippen MR) is 149 cm³/mol. The second-order valence-electron chi connectivity index (χ2n) is 9.47. The number of aromatic nitrogens is 6. The number of nitrogens with zero attached hydrogens (tertiary/aromatic N) is 5. The topological polar surface area (TPSA) is 130 Å². The maximum absolute atomic E-state index is 13.1. The van der Waals surface area contributed by atoms with Gasteiger partial charge in [-0.05, 0) is 53.1 Å². The fourth-order valence-corrected chi connectivity index (χ4v) is 5.02. The molecule has 2 amide bonds. The molecule has 5 rings (SSSR count). The summed E-state index contributed by atoms with van der Waals surface area (Å²) in [4.78, 5) is 33.7. The number of imidazole rings is 1. The molecule has 39 heavy (non-hydrogen) atoms. The molecule has 10 nitrogen and oxygen atoms in total. The van der Waals surface area contributed by atoms with Gasteiger partial charge in [0.2, 0.25) is 11.8 Å². The Hall–Kier alpha value is -4.02. The van der Waals surface area contributed by atoms with Crippen LogP contribution in [0, 0.1) is 5.92 Å². The zero-order chi connectivity index (χ0) is 27.4. The lowest BCUT2D eigenvalue weighted by Crippen LogP contribution is -2.28. The highest BCUT2D eigenvalue weighted by atomic mass is 35.5. The van der Waals surface area contributed by atoms with Crippen LogP contribution >= 0.6 is 23.2 Å². The number of tetrazole rings is 1. The van der Waals surface area contributed by atoms with Crippen molar-refractivity contribution in [1.29, 1.82) is 0 Å². The monoisotopic (exact) mass is 564 g/mol. The maximum Gasteiger partial charge on any atom is 0.244 e. The van der Waals surface area contributed by atoms with Crippen molar-refractivity contribution in [3.63, 3.8) is 0 Å². The molecule has 1 aliphatic rings. The normalized spacial score (nSPS) is 18.0. The summed E-state index contributed by atoms with van der Waals surface area (Å²) in [6.45, 7) is 2.05. The first-order valence-corrected chi connectivity index (χ1v) is 13.3. The summed E-state index contributed by atoms with van der Waals surface area (Å²) in [5, 5.41) is 18.2. The molecule has 2 aromatic heterocycles. The Morgan fingerprint density at radius 3 is 2.85 bits per heavy atom. The number of amides is 2. The highest BCUT2D eigenvalue weighted by Gasteiger charge is 2.23. The van der Waals surface area contributed by atoms with E-state index in [9.17, 15) is 9.59 Å². The van der Waals surface area contributed by atoms with Gasteiger partial charge in [-0.1, -0.05) is 61.2 Å². The van der Waals surface area contributed by atoms with Crippen LogP contribution in [0.5, 0.6) is 0 Å². The quantitative estimate of drug-likeness (QED) is 0.285. The van der Waals surface area contributed by atoms with Gasteiger partial charge in [0.15, 0.2) is 0 Å². The van der Waals surface area contributed by atoms with E-state index in [2.05, 4.69) is 38.1 Å². The molecule has 0 saturated heterocycles. The van der Waals surface area contributed by atoms with Crippen LogP contribution in [0.4, 0.5) is 5.69 Å². The first kappa shape index (κ1) is 26.6. The second kappa shape index (κ2) is 11.8. The number of nitrogens with one attached hydrogen (secondary N) is 3. The van der Waals surface area contributed by atoms with Crippen molar-refractivity contribution in [2.75, 3.05) is 5.32 Å². The lowest BCUT2D eigenvalue weighted by Gasteiger charge is -2.17. The number of anilines is 1. The first-order chi connectivity index (χ1) is 18.9. The molecule has 3 heterocycles. The Kier molecular flexibility index (Phi) is 8.04. The van der Waals surface area contributed by atoms with Crippen molar-refractivity contribution in [2.45, 2.75) is 38.6 Å². The number of halogens is 2. The van der Waals surface area contributed by atoms with Crippen molar-refractivity contribution >= 4 is 46.8 Å². The van der Waals surface area contributed by atoms with Gasteiger partial charge in [0.05, 0.1) is 17.4 Å². The number of para-hydroxylation sites is 1. The molecule has 2 bridgehead atoms. The minimum Gasteiger partial charge on any atom is -0.343 e. The highest BCUT2D eigenvalue weighted by molar-refractivity contribution is 6.32. The van der Waals surface area contributed by atoms with E-state index in [1.165, 1.54) is 17.1 Å². The second-order valence-corrected chi connectivity index (χ2v) is 10.3. The largest absolute Gasteiger partial charge is 0.343 e.